The molecule has 2 aliphatic rings. The molecule has 2 fully saturated rings. The van der Waals surface area contributed by atoms with Crippen LogP contribution in [0.25, 0.3) is 0 Å². The molecule has 2 amide bonds. The summed E-state index contributed by atoms with van der Waals surface area (Å²) in [5.41, 5.74) is 0. The van der Waals surface area contributed by atoms with Gasteiger partial charge < -0.3 is 15.0 Å². The van der Waals surface area contributed by atoms with Gasteiger partial charge in [-0.1, -0.05) is 0 Å². The summed E-state index contributed by atoms with van der Waals surface area (Å²) in [6.45, 7) is 5.69. The maximum absolute atomic E-state index is 11.8. The number of ether oxygens (including phenoxy) is 1. The molecule has 0 radical (unpaired) electrons. The molecule has 0 bridgehead atoms. The highest BCUT2D eigenvalue weighted by molar-refractivity contribution is 5.89. The number of carbonyl (C=O) groups is 2. The average molecular weight is 226 g/mol. The van der Waals surface area contributed by atoms with Gasteiger partial charge in [0.05, 0.1) is 25.2 Å². The monoisotopic (exact) mass is 226 g/mol. The van der Waals surface area contributed by atoms with Crippen molar-refractivity contribution in [3.8, 4) is 0 Å². The Morgan fingerprint density at radius 3 is 2.62 bits per heavy atom. The number of amides is 2. The lowest BCUT2D eigenvalue weighted by atomic mass is 10.1. The van der Waals surface area contributed by atoms with Gasteiger partial charge in [-0.05, 0) is 13.8 Å². The minimum atomic E-state index is -0.185. The van der Waals surface area contributed by atoms with Gasteiger partial charge in [-0.3, -0.25) is 9.59 Å². The molecule has 0 saturated carbocycles. The van der Waals surface area contributed by atoms with Crippen LogP contribution in [0.5, 0.6) is 0 Å². The van der Waals surface area contributed by atoms with Crippen molar-refractivity contribution in [2.45, 2.75) is 32.4 Å². The van der Waals surface area contributed by atoms with E-state index in [-0.39, 0.29) is 29.8 Å². The summed E-state index contributed by atoms with van der Waals surface area (Å²) in [6.07, 6.45) is 0.345. The van der Waals surface area contributed by atoms with Gasteiger partial charge in [0, 0.05) is 19.0 Å². The van der Waals surface area contributed by atoms with Gasteiger partial charge in [-0.15, -0.1) is 0 Å². The number of rotatable bonds is 3. The highest BCUT2D eigenvalue weighted by Gasteiger charge is 2.36. The Morgan fingerprint density at radius 2 is 2.19 bits per heavy atom. The van der Waals surface area contributed by atoms with E-state index in [2.05, 4.69) is 5.32 Å². The molecule has 90 valence electrons. The smallest absolute Gasteiger partial charge is 0.225 e. The summed E-state index contributed by atoms with van der Waals surface area (Å²) in [6, 6.07) is 0.327. The third-order valence-corrected chi connectivity index (χ3v) is 3.14. The number of nitrogens with zero attached hydrogens (tertiary/aromatic N) is 1. The van der Waals surface area contributed by atoms with E-state index in [1.165, 1.54) is 0 Å². The van der Waals surface area contributed by atoms with Crippen molar-refractivity contribution in [3.05, 3.63) is 0 Å². The van der Waals surface area contributed by atoms with Crippen LogP contribution in [0.2, 0.25) is 0 Å². The fourth-order valence-corrected chi connectivity index (χ4v) is 2.04. The van der Waals surface area contributed by atoms with Crippen molar-refractivity contribution >= 4 is 11.8 Å². The summed E-state index contributed by atoms with van der Waals surface area (Å²) >= 11 is 0. The van der Waals surface area contributed by atoms with Gasteiger partial charge in [0.25, 0.3) is 0 Å². The maximum atomic E-state index is 11.8. The molecular formula is C11H18N2O3. The van der Waals surface area contributed by atoms with Gasteiger partial charge in [0.15, 0.2) is 0 Å². The van der Waals surface area contributed by atoms with Crippen LogP contribution in [0.4, 0.5) is 0 Å². The van der Waals surface area contributed by atoms with Crippen LogP contribution in [-0.4, -0.2) is 48.6 Å². The Labute approximate surface area is 95.1 Å². The first-order valence-corrected chi connectivity index (χ1v) is 5.75. The first kappa shape index (κ1) is 11.4. The zero-order valence-corrected chi connectivity index (χ0v) is 9.73. The summed E-state index contributed by atoms with van der Waals surface area (Å²) in [7, 11) is 0. The second kappa shape index (κ2) is 4.41. The van der Waals surface area contributed by atoms with Crippen LogP contribution >= 0.6 is 0 Å². The fourth-order valence-electron chi connectivity index (χ4n) is 2.04. The SMILES string of the molecule is CC(C)N1CC(C(=O)NC2COC2)CC1=O. The predicted molar refractivity (Wildman–Crippen MR) is 57.7 cm³/mol. The average Bonchev–Trinajstić information content (AvgIpc) is 2.53. The highest BCUT2D eigenvalue weighted by Crippen LogP contribution is 2.20. The van der Waals surface area contributed by atoms with Crippen LogP contribution in [0.1, 0.15) is 20.3 Å². The number of likely N-dealkylation sites (tertiary alicyclic amines) is 1. The summed E-state index contributed by atoms with van der Waals surface area (Å²) in [4.78, 5) is 25.2. The molecule has 0 aromatic rings. The van der Waals surface area contributed by atoms with E-state index >= 15 is 0 Å². The Balaban J connectivity index is 1.86. The number of nitrogens with one attached hydrogen (secondary N) is 1. The van der Waals surface area contributed by atoms with E-state index in [9.17, 15) is 9.59 Å². The first-order valence-electron chi connectivity index (χ1n) is 5.75. The molecule has 5 nitrogen and oxygen atoms in total. The van der Waals surface area contributed by atoms with Crippen LogP contribution in [-0.2, 0) is 14.3 Å². The molecule has 2 heterocycles. The lowest BCUT2D eigenvalue weighted by molar-refractivity contribution is -0.131. The lowest BCUT2D eigenvalue weighted by Crippen LogP contribution is -2.50. The van der Waals surface area contributed by atoms with Crippen molar-refractivity contribution in [3.63, 3.8) is 0 Å². The Morgan fingerprint density at radius 1 is 1.50 bits per heavy atom. The predicted octanol–water partition coefficient (Wildman–Crippen LogP) is -0.242. The van der Waals surface area contributed by atoms with Crippen LogP contribution in [0.15, 0.2) is 0 Å². The second-order valence-corrected chi connectivity index (χ2v) is 4.78. The molecule has 1 unspecified atom stereocenters. The zero-order valence-electron chi connectivity index (χ0n) is 9.73. The summed E-state index contributed by atoms with van der Waals surface area (Å²) < 4.78 is 4.99. The fraction of sp³-hybridized carbons (Fsp3) is 0.818. The second-order valence-electron chi connectivity index (χ2n) is 4.78. The van der Waals surface area contributed by atoms with Crippen molar-refractivity contribution < 1.29 is 14.3 Å². The molecule has 16 heavy (non-hydrogen) atoms. The van der Waals surface area contributed by atoms with Gasteiger partial charge in [0.1, 0.15) is 0 Å². The molecule has 0 aromatic carbocycles. The molecule has 0 aliphatic carbocycles. The van der Waals surface area contributed by atoms with E-state index in [1.807, 2.05) is 13.8 Å². The standard InChI is InChI=1S/C11H18N2O3/c1-7(2)13-4-8(3-10(13)14)11(15)12-9-5-16-6-9/h7-9H,3-6H2,1-2H3,(H,12,15). The van der Waals surface area contributed by atoms with E-state index in [0.29, 0.717) is 26.2 Å². The minimum Gasteiger partial charge on any atom is -0.377 e. The molecule has 5 heteroatoms. The quantitative estimate of drug-likeness (QED) is 0.722. The van der Waals surface area contributed by atoms with Gasteiger partial charge in [-0.25, -0.2) is 0 Å². The largest absolute Gasteiger partial charge is 0.377 e. The molecule has 0 spiro atoms. The lowest BCUT2D eigenvalue weighted by Gasteiger charge is -2.28. The Kier molecular flexibility index (Phi) is 3.14. The summed E-state index contributed by atoms with van der Waals surface area (Å²) in [5.74, 6) is -0.111. The normalized spacial score (nSPS) is 26.1. The molecule has 2 saturated heterocycles. The first-order chi connectivity index (χ1) is 7.58. The molecule has 0 aromatic heterocycles. The minimum absolute atomic E-state index is 0.00944. The van der Waals surface area contributed by atoms with Crippen molar-refractivity contribution in [1.29, 1.82) is 0 Å². The third kappa shape index (κ3) is 2.19. The van der Waals surface area contributed by atoms with Crippen molar-refractivity contribution in [2.75, 3.05) is 19.8 Å². The Bertz CT molecular complexity index is 300. The molecule has 1 atom stereocenters. The van der Waals surface area contributed by atoms with Crippen LogP contribution < -0.4 is 5.32 Å². The van der Waals surface area contributed by atoms with Crippen molar-refractivity contribution in [2.24, 2.45) is 5.92 Å². The molecule has 2 aliphatic heterocycles. The topological polar surface area (TPSA) is 58.6 Å². The van der Waals surface area contributed by atoms with E-state index in [0.717, 1.165) is 0 Å². The van der Waals surface area contributed by atoms with Gasteiger partial charge in [0.2, 0.25) is 11.8 Å². The van der Waals surface area contributed by atoms with Gasteiger partial charge in [-0.2, -0.15) is 0 Å². The van der Waals surface area contributed by atoms with Crippen LogP contribution in [0, 0.1) is 5.92 Å². The zero-order chi connectivity index (χ0) is 11.7. The van der Waals surface area contributed by atoms with Crippen molar-refractivity contribution in [1.82, 2.24) is 10.2 Å². The number of hydrogen-bond acceptors (Lipinski definition) is 3. The number of carbonyl (C=O) groups excluding carboxylic acids is 2. The van der Waals surface area contributed by atoms with E-state index < -0.39 is 0 Å². The summed E-state index contributed by atoms with van der Waals surface area (Å²) in [5, 5.41) is 2.90. The Hall–Kier alpha value is -1.10. The maximum Gasteiger partial charge on any atom is 0.225 e. The molecule has 1 N–H and O–H groups in total. The molecule has 2 rings (SSSR count). The third-order valence-electron chi connectivity index (χ3n) is 3.14. The van der Waals surface area contributed by atoms with Crippen LogP contribution in [0.3, 0.4) is 0 Å². The van der Waals surface area contributed by atoms with E-state index in [1.54, 1.807) is 4.90 Å². The molecular weight excluding hydrogens is 208 g/mol. The number of hydrogen-bond donors (Lipinski definition) is 1. The van der Waals surface area contributed by atoms with E-state index in [4.69, 9.17) is 4.74 Å². The highest BCUT2D eigenvalue weighted by atomic mass is 16.5. The van der Waals surface area contributed by atoms with Gasteiger partial charge >= 0.3 is 0 Å².